The molecular weight excluding hydrogens is 461 g/mol. The number of methoxy groups -OCH3 is 1. The molecule has 0 spiro atoms. The van der Waals surface area contributed by atoms with Crippen molar-refractivity contribution in [3.8, 4) is 5.75 Å². The van der Waals surface area contributed by atoms with Gasteiger partial charge in [-0.2, -0.15) is 0 Å². The van der Waals surface area contributed by atoms with Crippen LogP contribution in [-0.2, 0) is 26.2 Å². The van der Waals surface area contributed by atoms with Crippen LogP contribution in [0.3, 0.4) is 0 Å². The smallest absolute Gasteiger partial charge is 0.244 e. The van der Waals surface area contributed by atoms with Gasteiger partial charge in [-0.05, 0) is 57.5 Å². The number of amides is 2. The Hall–Kier alpha value is -3.14. The second kappa shape index (κ2) is 10.9. The first kappa shape index (κ1) is 27.1. The summed E-state index contributed by atoms with van der Waals surface area (Å²) in [6.07, 6.45) is 0.899. The maximum Gasteiger partial charge on any atom is 0.244 e. The number of nitrogens with zero attached hydrogens (tertiary/aromatic N) is 2. The Labute approximate surface area is 200 Å². The van der Waals surface area contributed by atoms with Gasteiger partial charge in [0.1, 0.15) is 24.2 Å². The predicted octanol–water partition coefficient (Wildman–Crippen LogP) is 2.93. The lowest BCUT2D eigenvalue weighted by atomic mass is 10.1. The molecule has 0 heterocycles. The summed E-state index contributed by atoms with van der Waals surface area (Å²) in [6.45, 7) is 6.39. The Balaban J connectivity index is 2.41. The molecule has 2 aromatic carbocycles. The zero-order valence-corrected chi connectivity index (χ0v) is 21.1. The van der Waals surface area contributed by atoms with E-state index in [2.05, 4.69) is 5.32 Å². The third kappa shape index (κ3) is 7.44. The molecule has 2 amide bonds. The lowest BCUT2D eigenvalue weighted by Gasteiger charge is -2.33. The van der Waals surface area contributed by atoms with Crippen LogP contribution in [0.4, 0.5) is 10.1 Å². The van der Waals surface area contributed by atoms with Crippen molar-refractivity contribution in [1.29, 1.82) is 0 Å². The molecule has 1 unspecified atom stereocenters. The number of benzene rings is 2. The van der Waals surface area contributed by atoms with E-state index in [1.807, 2.05) is 20.8 Å². The van der Waals surface area contributed by atoms with Crippen molar-refractivity contribution in [2.24, 2.45) is 0 Å². The minimum Gasteiger partial charge on any atom is -0.497 e. The zero-order valence-electron chi connectivity index (χ0n) is 20.3. The lowest BCUT2D eigenvalue weighted by Crippen LogP contribution is -2.54. The van der Waals surface area contributed by atoms with Crippen molar-refractivity contribution in [1.82, 2.24) is 10.2 Å². The summed E-state index contributed by atoms with van der Waals surface area (Å²) in [5.74, 6) is -1.20. The molecule has 1 N–H and O–H groups in total. The molecule has 1 atom stereocenters. The van der Waals surface area contributed by atoms with Crippen molar-refractivity contribution in [3.63, 3.8) is 0 Å². The average Bonchev–Trinajstić information content (AvgIpc) is 2.74. The molecule has 0 aliphatic carbocycles. The molecule has 10 heteroatoms. The minimum atomic E-state index is -4.00. The van der Waals surface area contributed by atoms with E-state index in [1.165, 1.54) is 30.2 Å². The van der Waals surface area contributed by atoms with Crippen LogP contribution in [0.2, 0.25) is 0 Å². The van der Waals surface area contributed by atoms with E-state index in [-0.39, 0.29) is 12.2 Å². The summed E-state index contributed by atoms with van der Waals surface area (Å²) < 4.78 is 45.2. The molecule has 0 saturated carbocycles. The Kier molecular flexibility index (Phi) is 8.66. The monoisotopic (exact) mass is 493 g/mol. The molecule has 0 fully saturated rings. The van der Waals surface area contributed by atoms with Crippen molar-refractivity contribution < 1.29 is 27.1 Å². The van der Waals surface area contributed by atoms with Gasteiger partial charge in [0.2, 0.25) is 21.8 Å². The molecule has 34 heavy (non-hydrogen) atoms. The largest absolute Gasteiger partial charge is 0.497 e. The van der Waals surface area contributed by atoms with Gasteiger partial charge in [0.15, 0.2) is 0 Å². The third-order valence-electron chi connectivity index (χ3n) is 4.98. The molecule has 2 aromatic rings. The van der Waals surface area contributed by atoms with Gasteiger partial charge in [-0.3, -0.25) is 13.9 Å². The molecule has 0 bridgehead atoms. The Bertz CT molecular complexity index is 1110. The van der Waals surface area contributed by atoms with Crippen LogP contribution in [0.25, 0.3) is 0 Å². The maximum absolute atomic E-state index is 14.4. The van der Waals surface area contributed by atoms with Crippen molar-refractivity contribution in [2.45, 2.75) is 45.8 Å². The van der Waals surface area contributed by atoms with Crippen LogP contribution in [0.1, 0.15) is 33.3 Å². The number of nitrogens with one attached hydrogen (secondary N) is 1. The highest BCUT2D eigenvalue weighted by molar-refractivity contribution is 7.92. The molecule has 186 valence electrons. The van der Waals surface area contributed by atoms with Crippen LogP contribution in [-0.4, -0.2) is 56.6 Å². The lowest BCUT2D eigenvalue weighted by molar-refractivity contribution is -0.140. The van der Waals surface area contributed by atoms with Crippen LogP contribution >= 0.6 is 0 Å². The number of sulfonamides is 1. The second-order valence-corrected chi connectivity index (χ2v) is 10.9. The van der Waals surface area contributed by atoms with E-state index in [0.717, 1.165) is 12.3 Å². The van der Waals surface area contributed by atoms with Crippen LogP contribution < -0.4 is 14.4 Å². The van der Waals surface area contributed by atoms with Crippen LogP contribution in [0.15, 0.2) is 48.5 Å². The first-order chi connectivity index (χ1) is 15.7. The highest BCUT2D eigenvalue weighted by Crippen LogP contribution is 2.22. The SMILES string of the molecule is COc1ccc(CN(C(=O)CN(c2ccccc2F)S(C)(=O)=O)C(C)C(=O)NC(C)(C)C)cc1. The molecule has 8 nitrogen and oxygen atoms in total. The second-order valence-electron chi connectivity index (χ2n) is 9.01. The molecule has 2 rings (SSSR count). The first-order valence-corrected chi connectivity index (χ1v) is 12.5. The number of anilines is 1. The Morgan fingerprint density at radius 3 is 2.18 bits per heavy atom. The summed E-state index contributed by atoms with van der Waals surface area (Å²) in [6, 6.07) is 11.3. The quantitative estimate of drug-likeness (QED) is 0.580. The molecule has 0 aromatic heterocycles. The van der Waals surface area contributed by atoms with Crippen LogP contribution in [0.5, 0.6) is 5.75 Å². The third-order valence-corrected chi connectivity index (χ3v) is 6.10. The van der Waals surface area contributed by atoms with E-state index < -0.39 is 45.8 Å². The standard InChI is InChI=1S/C24H32FN3O5S/c1-17(23(30)26-24(2,3)4)27(15-18-11-13-19(33-5)14-12-18)22(29)16-28(34(6,31)32)21-10-8-7-9-20(21)25/h7-14,17H,15-16H2,1-6H3,(H,26,30). The number of carbonyl (C=O) groups is 2. The van der Waals surface area contributed by atoms with Gasteiger partial charge in [-0.1, -0.05) is 24.3 Å². The number of rotatable bonds is 9. The fraction of sp³-hybridized carbons (Fsp3) is 0.417. The van der Waals surface area contributed by atoms with E-state index in [1.54, 1.807) is 31.2 Å². The highest BCUT2D eigenvalue weighted by atomic mass is 32.2. The summed E-state index contributed by atoms with van der Waals surface area (Å²) in [7, 11) is -2.46. The van der Waals surface area contributed by atoms with Crippen LogP contribution in [0, 0.1) is 5.82 Å². The fourth-order valence-electron chi connectivity index (χ4n) is 3.23. The normalized spacial score (nSPS) is 12.6. The number of hydrogen-bond donors (Lipinski definition) is 1. The van der Waals surface area contributed by atoms with Gasteiger partial charge in [-0.15, -0.1) is 0 Å². The number of halogens is 1. The number of hydrogen-bond acceptors (Lipinski definition) is 5. The van der Waals surface area contributed by atoms with Gasteiger partial charge >= 0.3 is 0 Å². The first-order valence-electron chi connectivity index (χ1n) is 10.7. The summed E-state index contributed by atoms with van der Waals surface area (Å²) in [5.41, 5.74) is -0.0672. The van der Waals surface area contributed by atoms with Crippen molar-refractivity contribution >= 4 is 27.5 Å². The molecule has 0 radical (unpaired) electrons. The van der Waals surface area contributed by atoms with Crippen molar-refractivity contribution in [3.05, 3.63) is 59.9 Å². The van der Waals surface area contributed by atoms with Gasteiger partial charge in [0.25, 0.3) is 0 Å². The zero-order chi connectivity index (χ0) is 25.7. The summed E-state index contributed by atoms with van der Waals surface area (Å²) in [5, 5.41) is 2.84. The minimum absolute atomic E-state index is 0.0381. The molecule has 0 saturated heterocycles. The van der Waals surface area contributed by atoms with E-state index in [0.29, 0.717) is 15.6 Å². The average molecular weight is 494 g/mol. The molecular formula is C24H32FN3O5S. The molecule has 0 aliphatic rings. The van der Waals surface area contributed by atoms with E-state index in [9.17, 15) is 22.4 Å². The number of para-hydroxylation sites is 1. The van der Waals surface area contributed by atoms with Gasteiger partial charge < -0.3 is 15.0 Å². The molecule has 0 aliphatic heterocycles. The predicted molar refractivity (Wildman–Crippen MR) is 129 cm³/mol. The number of carbonyl (C=O) groups excluding carboxylic acids is 2. The fourth-order valence-corrected chi connectivity index (χ4v) is 4.08. The summed E-state index contributed by atoms with van der Waals surface area (Å²) >= 11 is 0. The van der Waals surface area contributed by atoms with E-state index >= 15 is 0 Å². The van der Waals surface area contributed by atoms with Gasteiger partial charge in [0, 0.05) is 12.1 Å². The number of ether oxygens (including phenoxy) is 1. The Morgan fingerprint density at radius 2 is 1.68 bits per heavy atom. The Morgan fingerprint density at radius 1 is 1.09 bits per heavy atom. The van der Waals surface area contributed by atoms with Gasteiger partial charge in [0.05, 0.1) is 19.1 Å². The maximum atomic E-state index is 14.4. The highest BCUT2D eigenvalue weighted by Gasteiger charge is 2.32. The topological polar surface area (TPSA) is 96.0 Å². The van der Waals surface area contributed by atoms with Gasteiger partial charge in [-0.25, -0.2) is 12.8 Å². The van der Waals surface area contributed by atoms with E-state index in [4.69, 9.17) is 4.74 Å². The van der Waals surface area contributed by atoms with Crippen molar-refractivity contribution in [2.75, 3.05) is 24.2 Å². The summed E-state index contributed by atoms with van der Waals surface area (Å²) in [4.78, 5) is 27.6.